The van der Waals surface area contributed by atoms with Gasteiger partial charge in [0.1, 0.15) is 10.8 Å². The number of benzene rings is 2. The van der Waals surface area contributed by atoms with Gasteiger partial charge in [-0.15, -0.1) is 11.8 Å². The van der Waals surface area contributed by atoms with E-state index < -0.39 is 12.2 Å². The lowest BCUT2D eigenvalue weighted by Gasteiger charge is -2.10. The molecule has 0 aliphatic heterocycles. The molecule has 1 aromatic heterocycles. The van der Waals surface area contributed by atoms with Crippen LogP contribution in [-0.2, 0) is 5.75 Å². The Kier molecular flexibility index (Phi) is 4.71. The molecule has 3 aromatic rings. The van der Waals surface area contributed by atoms with Gasteiger partial charge in [0.05, 0.1) is 12.6 Å². The summed E-state index contributed by atoms with van der Waals surface area (Å²) in [6.07, 6.45) is -2.69. The highest BCUT2D eigenvalue weighted by Crippen LogP contribution is 2.32. The molecule has 0 bridgehead atoms. The second-order valence-electron chi connectivity index (χ2n) is 4.81. The third-order valence-electron chi connectivity index (χ3n) is 3.34. The minimum Gasteiger partial charge on any atom is -0.496 e. The first-order valence-electron chi connectivity index (χ1n) is 6.98. The Morgan fingerprint density at radius 1 is 1.04 bits per heavy atom. The maximum atomic E-state index is 13.0. The van der Waals surface area contributed by atoms with Gasteiger partial charge in [-0.3, -0.25) is 0 Å². The summed E-state index contributed by atoms with van der Waals surface area (Å²) in [5.41, 5.74) is 1.52. The van der Waals surface area contributed by atoms with Crippen LogP contribution in [0.4, 0.5) is 8.78 Å². The Hall–Kier alpha value is -2.21. The van der Waals surface area contributed by atoms with Gasteiger partial charge in [0.25, 0.3) is 6.43 Å². The first-order valence-corrected chi connectivity index (χ1v) is 7.97. The molecule has 23 heavy (non-hydrogen) atoms. The van der Waals surface area contributed by atoms with Crippen molar-refractivity contribution in [3.05, 3.63) is 59.9 Å². The van der Waals surface area contributed by atoms with Crippen LogP contribution in [0.25, 0.3) is 10.9 Å². The van der Waals surface area contributed by atoms with Gasteiger partial charge in [-0.25, -0.2) is 18.7 Å². The van der Waals surface area contributed by atoms with Crippen molar-refractivity contribution in [2.75, 3.05) is 7.11 Å². The average molecular weight is 332 g/mol. The quantitative estimate of drug-likeness (QED) is 0.493. The molecule has 0 radical (unpaired) electrons. The van der Waals surface area contributed by atoms with Crippen LogP contribution in [0.3, 0.4) is 0 Å². The van der Waals surface area contributed by atoms with Gasteiger partial charge < -0.3 is 4.74 Å². The minimum atomic E-state index is -2.69. The van der Waals surface area contributed by atoms with E-state index >= 15 is 0 Å². The summed E-state index contributed by atoms with van der Waals surface area (Å²) in [5.74, 6) is 0.909. The Morgan fingerprint density at radius 2 is 1.78 bits per heavy atom. The second-order valence-corrected chi connectivity index (χ2v) is 5.77. The number of aromatic nitrogens is 2. The van der Waals surface area contributed by atoms with Gasteiger partial charge in [-0.2, -0.15) is 0 Å². The Labute approximate surface area is 136 Å². The third kappa shape index (κ3) is 3.42. The lowest BCUT2D eigenvalue weighted by Crippen LogP contribution is -1.99. The van der Waals surface area contributed by atoms with Gasteiger partial charge in [0.15, 0.2) is 5.82 Å². The summed E-state index contributed by atoms with van der Waals surface area (Å²) in [5, 5.41) is 1.33. The molecule has 0 amide bonds. The second kappa shape index (κ2) is 6.91. The molecule has 0 spiro atoms. The molecule has 0 aliphatic carbocycles. The molecular formula is C17H14F2N2OS. The van der Waals surface area contributed by atoms with Crippen molar-refractivity contribution in [2.24, 2.45) is 0 Å². The fourth-order valence-corrected chi connectivity index (χ4v) is 3.26. The number of nitrogens with zero attached hydrogens (tertiary/aromatic N) is 2. The van der Waals surface area contributed by atoms with Crippen molar-refractivity contribution in [3.8, 4) is 5.75 Å². The Morgan fingerprint density at radius 3 is 2.57 bits per heavy atom. The van der Waals surface area contributed by atoms with Crippen LogP contribution < -0.4 is 4.74 Å². The minimum absolute atomic E-state index is 0.439. The molecule has 0 fully saturated rings. The number of hydrogen-bond acceptors (Lipinski definition) is 4. The molecule has 6 heteroatoms. The fourth-order valence-electron chi connectivity index (χ4n) is 2.24. The number of para-hydroxylation sites is 2. The number of halogens is 2. The Balaban J connectivity index is 1.95. The van der Waals surface area contributed by atoms with Crippen LogP contribution in [0, 0.1) is 0 Å². The van der Waals surface area contributed by atoms with Crippen molar-refractivity contribution in [2.45, 2.75) is 17.2 Å². The molecule has 0 N–H and O–H groups in total. The molecule has 3 nitrogen and oxygen atoms in total. The molecule has 0 saturated heterocycles. The average Bonchev–Trinajstić information content (AvgIpc) is 2.59. The van der Waals surface area contributed by atoms with E-state index in [1.54, 1.807) is 19.2 Å². The van der Waals surface area contributed by atoms with E-state index in [9.17, 15) is 8.78 Å². The number of ether oxygens (including phenoxy) is 1. The Bertz CT molecular complexity index is 827. The smallest absolute Gasteiger partial charge is 0.297 e. The summed E-state index contributed by atoms with van der Waals surface area (Å²) in [6, 6.07) is 14.8. The number of hydrogen-bond donors (Lipinski definition) is 0. The molecule has 0 aliphatic rings. The number of alkyl halides is 2. The zero-order valence-electron chi connectivity index (χ0n) is 12.4. The molecular weight excluding hydrogens is 318 g/mol. The van der Waals surface area contributed by atoms with Crippen molar-refractivity contribution in [1.29, 1.82) is 0 Å². The van der Waals surface area contributed by atoms with Crippen LogP contribution in [0.2, 0.25) is 0 Å². The molecule has 0 atom stereocenters. The SMILES string of the molecule is COc1ccccc1CSc1nc(C(F)F)nc2ccccc12. The topological polar surface area (TPSA) is 35.0 Å². The van der Waals surface area contributed by atoms with Crippen LogP contribution >= 0.6 is 11.8 Å². The summed E-state index contributed by atoms with van der Waals surface area (Å²) in [4.78, 5) is 7.96. The highest BCUT2D eigenvalue weighted by molar-refractivity contribution is 7.98. The van der Waals surface area contributed by atoms with Crippen molar-refractivity contribution >= 4 is 22.7 Å². The third-order valence-corrected chi connectivity index (χ3v) is 4.38. The molecule has 0 unspecified atom stereocenters. The number of fused-ring (bicyclic) bond motifs is 1. The van der Waals surface area contributed by atoms with Crippen molar-refractivity contribution in [3.63, 3.8) is 0 Å². The maximum Gasteiger partial charge on any atom is 0.297 e. The van der Waals surface area contributed by atoms with Crippen molar-refractivity contribution in [1.82, 2.24) is 9.97 Å². The van der Waals surface area contributed by atoms with E-state index in [1.807, 2.05) is 36.4 Å². The van der Waals surface area contributed by atoms with Gasteiger partial charge in [0, 0.05) is 16.7 Å². The van der Waals surface area contributed by atoms with E-state index in [4.69, 9.17) is 4.74 Å². The summed E-state index contributed by atoms with van der Waals surface area (Å²) < 4.78 is 31.3. The van der Waals surface area contributed by atoms with Crippen LogP contribution in [-0.4, -0.2) is 17.1 Å². The normalized spacial score (nSPS) is 11.1. The highest BCUT2D eigenvalue weighted by atomic mass is 32.2. The van der Waals surface area contributed by atoms with Crippen LogP contribution in [0.15, 0.2) is 53.6 Å². The standard InChI is InChI=1S/C17H14F2N2OS/c1-22-14-9-5-2-6-11(14)10-23-17-12-7-3-4-8-13(12)20-16(21-17)15(18)19/h2-9,15H,10H2,1H3. The summed E-state index contributed by atoms with van der Waals surface area (Å²) in [6.45, 7) is 0. The molecule has 118 valence electrons. The van der Waals surface area contributed by atoms with E-state index in [0.29, 0.717) is 16.3 Å². The van der Waals surface area contributed by atoms with Gasteiger partial charge >= 0.3 is 0 Å². The van der Waals surface area contributed by atoms with E-state index in [1.165, 1.54) is 11.8 Å². The molecule has 2 aromatic carbocycles. The zero-order valence-corrected chi connectivity index (χ0v) is 13.2. The van der Waals surface area contributed by atoms with Gasteiger partial charge in [-0.05, 0) is 12.1 Å². The molecule has 1 heterocycles. The van der Waals surface area contributed by atoms with E-state index in [0.717, 1.165) is 16.7 Å². The van der Waals surface area contributed by atoms with Gasteiger partial charge in [0.2, 0.25) is 0 Å². The fraction of sp³-hybridized carbons (Fsp3) is 0.176. The van der Waals surface area contributed by atoms with Crippen LogP contribution in [0.1, 0.15) is 17.8 Å². The number of thioether (sulfide) groups is 1. The largest absolute Gasteiger partial charge is 0.496 e. The lowest BCUT2D eigenvalue weighted by atomic mass is 10.2. The van der Waals surface area contributed by atoms with Gasteiger partial charge in [-0.1, -0.05) is 36.4 Å². The molecule has 0 saturated carbocycles. The zero-order chi connectivity index (χ0) is 16.2. The first-order chi connectivity index (χ1) is 11.2. The lowest BCUT2D eigenvalue weighted by molar-refractivity contribution is 0.140. The highest BCUT2D eigenvalue weighted by Gasteiger charge is 2.15. The number of rotatable bonds is 5. The monoisotopic (exact) mass is 332 g/mol. The summed E-state index contributed by atoms with van der Waals surface area (Å²) >= 11 is 1.40. The number of methoxy groups -OCH3 is 1. The van der Waals surface area contributed by atoms with E-state index in [-0.39, 0.29) is 0 Å². The van der Waals surface area contributed by atoms with E-state index in [2.05, 4.69) is 9.97 Å². The summed E-state index contributed by atoms with van der Waals surface area (Å²) in [7, 11) is 1.61. The predicted octanol–water partition coefficient (Wildman–Crippen LogP) is 4.87. The van der Waals surface area contributed by atoms with Crippen LogP contribution in [0.5, 0.6) is 5.75 Å². The first kappa shape index (κ1) is 15.7. The van der Waals surface area contributed by atoms with Crippen molar-refractivity contribution < 1.29 is 13.5 Å². The molecule has 3 rings (SSSR count). The predicted molar refractivity (Wildman–Crippen MR) is 87.1 cm³/mol. The maximum absolute atomic E-state index is 13.0.